The molecule has 3 aromatic rings. The molecule has 0 bridgehead atoms. The van der Waals surface area contributed by atoms with Crippen molar-refractivity contribution in [3.8, 4) is 5.75 Å². The molecule has 1 unspecified atom stereocenters. The van der Waals surface area contributed by atoms with Crippen molar-refractivity contribution in [3.05, 3.63) is 109 Å². The summed E-state index contributed by atoms with van der Waals surface area (Å²) in [6.45, 7) is 8.45. The molecule has 1 radical (unpaired) electrons. The van der Waals surface area contributed by atoms with Gasteiger partial charge in [0.15, 0.2) is 0 Å². The van der Waals surface area contributed by atoms with Crippen molar-refractivity contribution in [1.29, 1.82) is 0 Å². The van der Waals surface area contributed by atoms with Gasteiger partial charge in [0.2, 0.25) is 0 Å². The molecule has 1 fully saturated rings. The highest BCUT2D eigenvalue weighted by atomic mass is 16.5. The molecule has 3 aromatic carbocycles. The predicted octanol–water partition coefficient (Wildman–Crippen LogP) is 4.98. The summed E-state index contributed by atoms with van der Waals surface area (Å²) in [7, 11) is 1.73. The van der Waals surface area contributed by atoms with Gasteiger partial charge in [0, 0.05) is 37.8 Å². The Balaban J connectivity index is 1.51. The first-order chi connectivity index (χ1) is 14.3. The van der Waals surface area contributed by atoms with Crippen LogP contribution >= 0.6 is 0 Å². The number of methoxy groups -OCH3 is 1. The van der Waals surface area contributed by atoms with Crippen LogP contribution in [0.2, 0.25) is 0 Å². The van der Waals surface area contributed by atoms with E-state index in [2.05, 4.69) is 89.5 Å². The largest absolute Gasteiger partial charge is 0.496 e. The van der Waals surface area contributed by atoms with Crippen LogP contribution in [0.1, 0.15) is 28.8 Å². The van der Waals surface area contributed by atoms with E-state index in [1.165, 1.54) is 11.1 Å². The summed E-state index contributed by atoms with van der Waals surface area (Å²) in [6.07, 6.45) is 0. The fraction of sp³-hybridized carbons (Fsp3) is 0.269. The second-order valence-electron chi connectivity index (χ2n) is 7.55. The fourth-order valence-corrected chi connectivity index (χ4v) is 4.33. The molecular formula is C26H29N2O. The van der Waals surface area contributed by atoms with Gasteiger partial charge in [-0.25, -0.2) is 0 Å². The minimum atomic E-state index is 0.0974. The lowest BCUT2D eigenvalue weighted by Crippen LogP contribution is -2.48. The topological polar surface area (TPSA) is 15.7 Å². The number of benzene rings is 3. The molecule has 0 aromatic heterocycles. The summed E-state index contributed by atoms with van der Waals surface area (Å²) >= 11 is 0. The molecular weight excluding hydrogens is 356 g/mol. The van der Waals surface area contributed by atoms with E-state index in [-0.39, 0.29) is 12.1 Å². The normalized spacial score (nSPS) is 16.7. The van der Waals surface area contributed by atoms with Gasteiger partial charge in [-0.15, -0.1) is 0 Å². The number of rotatable bonds is 6. The maximum absolute atomic E-state index is 5.56. The highest BCUT2D eigenvalue weighted by molar-refractivity contribution is 5.37. The van der Waals surface area contributed by atoms with Crippen LogP contribution < -0.4 is 4.74 Å². The van der Waals surface area contributed by atoms with E-state index in [4.69, 9.17) is 4.74 Å². The molecule has 1 aliphatic rings. The highest BCUT2D eigenvalue weighted by Crippen LogP contribution is 2.33. The molecule has 29 heavy (non-hydrogen) atoms. The zero-order valence-corrected chi connectivity index (χ0v) is 17.1. The molecule has 3 nitrogen and oxygen atoms in total. The van der Waals surface area contributed by atoms with Crippen LogP contribution in [0, 0.1) is 6.92 Å². The summed E-state index contributed by atoms with van der Waals surface area (Å²) < 4.78 is 5.56. The minimum absolute atomic E-state index is 0.0974. The van der Waals surface area contributed by atoms with Crippen LogP contribution in [0.4, 0.5) is 0 Å². The van der Waals surface area contributed by atoms with Crippen molar-refractivity contribution in [2.45, 2.75) is 12.1 Å². The quantitative estimate of drug-likeness (QED) is 0.595. The Morgan fingerprint density at radius 1 is 0.690 bits per heavy atom. The van der Waals surface area contributed by atoms with Crippen molar-refractivity contribution in [2.75, 3.05) is 33.3 Å². The average molecular weight is 386 g/mol. The third kappa shape index (κ3) is 4.36. The lowest BCUT2D eigenvalue weighted by molar-refractivity contribution is 0.0904. The van der Waals surface area contributed by atoms with Gasteiger partial charge in [0.25, 0.3) is 0 Å². The molecule has 1 atom stereocenters. The maximum atomic E-state index is 5.56. The average Bonchev–Trinajstić information content (AvgIpc) is 2.81. The van der Waals surface area contributed by atoms with Gasteiger partial charge in [-0.3, -0.25) is 9.80 Å². The van der Waals surface area contributed by atoms with Crippen LogP contribution in [0.5, 0.6) is 5.75 Å². The molecule has 149 valence electrons. The first kappa shape index (κ1) is 19.7. The van der Waals surface area contributed by atoms with Crippen molar-refractivity contribution < 1.29 is 4.74 Å². The van der Waals surface area contributed by atoms with Crippen molar-refractivity contribution in [2.24, 2.45) is 0 Å². The number of hydrogen-bond donors (Lipinski definition) is 0. The summed E-state index contributed by atoms with van der Waals surface area (Å²) in [5.74, 6) is 0.918. The number of para-hydroxylation sites is 1. The van der Waals surface area contributed by atoms with Gasteiger partial charge < -0.3 is 4.74 Å². The standard InChI is InChI=1S/C26H29N2O/c1-21(24-15-9-10-16-25(24)29-2)27-17-19-28(20-18-27)26(22-11-5-3-6-12-22)23-13-7-4-8-14-23/h3-16,21,26H,1,17-20H2,2H3. The second kappa shape index (κ2) is 9.25. The lowest BCUT2D eigenvalue weighted by Gasteiger charge is -2.42. The van der Waals surface area contributed by atoms with Gasteiger partial charge in [0.05, 0.1) is 13.2 Å². The first-order valence-electron chi connectivity index (χ1n) is 10.3. The molecule has 3 heteroatoms. The smallest absolute Gasteiger partial charge is 0.123 e. The highest BCUT2D eigenvalue weighted by Gasteiger charge is 2.29. The second-order valence-corrected chi connectivity index (χ2v) is 7.55. The SMILES string of the molecule is [CH2]C(c1ccccc1OC)N1CCN(C(c2ccccc2)c2ccccc2)CC1. The molecule has 1 saturated heterocycles. The molecule has 1 heterocycles. The zero-order chi connectivity index (χ0) is 20.1. The Labute approximate surface area is 174 Å². The van der Waals surface area contributed by atoms with Crippen LogP contribution in [0.3, 0.4) is 0 Å². The summed E-state index contributed by atoms with van der Waals surface area (Å²) in [6, 6.07) is 30.3. The fourth-order valence-electron chi connectivity index (χ4n) is 4.33. The van der Waals surface area contributed by atoms with E-state index in [9.17, 15) is 0 Å². The van der Waals surface area contributed by atoms with Crippen LogP contribution in [0.25, 0.3) is 0 Å². The van der Waals surface area contributed by atoms with E-state index >= 15 is 0 Å². The van der Waals surface area contributed by atoms with E-state index in [1.807, 2.05) is 12.1 Å². The summed E-state index contributed by atoms with van der Waals surface area (Å²) in [5.41, 5.74) is 3.86. The number of nitrogens with zero attached hydrogens (tertiary/aromatic N) is 2. The van der Waals surface area contributed by atoms with Crippen LogP contribution in [-0.4, -0.2) is 43.1 Å². The summed E-state index contributed by atoms with van der Waals surface area (Å²) in [5, 5.41) is 0. The minimum Gasteiger partial charge on any atom is -0.496 e. The molecule has 0 N–H and O–H groups in total. The molecule has 0 aliphatic carbocycles. The molecule has 4 rings (SSSR count). The molecule has 1 aliphatic heterocycles. The van der Waals surface area contributed by atoms with E-state index in [0.29, 0.717) is 0 Å². The Kier molecular flexibility index (Phi) is 6.28. The van der Waals surface area contributed by atoms with Crippen molar-refractivity contribution in [3.63, 3.8) is 0 Å². The predicted molar refractivity (Wildman–Crippen MR) is 119 cm³/mol. The lowest BCUT2D eigenvalue weighted by atomic mass is 9.96. The van der Waals surface area contributed by atoms with Crippen LogP contribution in [-0.2, 0) is 0 Å². The summed E-state index contributed by atoms with van der Waals surface area (Å²) in [4.78, 5) is 5.05. The maximum Gasteiger partial charge on any atom is 0.123 e. The first-order valence-corrected chi connectivity index (χ1v) is 10.3. The third-order valence-electron chi connectivity index (χ3n) is 5.88. The van der Waals surface area contributed by atoms with Crippen LogP contribution in [0.15, 0.2) is 84.9 Å². The molecule has 0 saturated carbocycles. The van der Waals surface area contributed by atoms with E-state index in [1.54, 1.807) is 7.11 Å². The number of piperazine rings is 1. The Morgan fingerprint density at radius 3 is 1.72 bits per heavy atom. The van der Waals surface area contributed by atoms with Gasteiger partial charge in [-0.1, -0.05) is 78.9 Å². The Hall–Kier alpha value is -2.62. The number of ether oxygens (including phenoxy) is 1. The van der Waals surface area contributed by atoms with E-state index < -0.39 is 0 Å². The Morgan fingerprint density at radius 2 is 1.17 bits per heavy atom. The van der Waals surface area contributed by atoms with Gasteiger partial charge in [-0.2, -0.15) is 0 Å². The van der Waals surface area contributed by atoms with Gasteiger partial charge in [0.1, 0.15) is 5.75 Å². The Bertz CT molecular complexity index is 849. The van der Waals surface area contributed by atoms with Crippen molar-refractivity contribution >= 4 is 0 Å². The van der Waals surface area contributed by atoms with Gasteiger partial charge >= 0.3 is 0 Å². The third-order valence-corrected chi connectivity index (χ3v) is 5.88. The van der Waals surface area contributed by atoms with Gasteiger partial charge in [-0.05, 0) is 24.1 Å². The van der Waals surface area contributed by atoms with Crippen molar-refractivity contribution in [1.82, 2.24) is 9.80 Å². The van der Waals surface area contributed by atoms with E-state index in [0.717, 1.165) is 37.5 Å². The zero-order valence-electron chi connectivity index (χ0n) is 17.1. The number of hydrogen-bond acceptors (Lipinski definition) is 3. The monoisotopic (exact) mass is 385 g/mol. The molecule has 0 spiro atoms. The molecule has 0 amide bonds.